The quantitative estimate of drug-likeness (QED) is 0.682. The third-order valence-electron chi connectivity index (χ3n) is 4.23. The van der Waals surface area contributed by atoms with Gasteiger partial charge in [-0.3, -0.25) is 4.79 Å². The second kappa shape index (κ2) is 9.74. The Morgan fingerprint density at radius 3 is 2.34 bits per heavy atom. The van der Waals surface area contributed by atoms with Crippen LogP contribution < -0.4 is 10.6 Å². The number of nitrogens with one attached hydrogen (secondary N) is 1. The Morgan fingerprint density at radius 1 is 1.03 bits per heavy atom. The van der Waals surface area contributed by atoms with Crippen LogP contribution >= 0.6 is 0 Å². The highest BCUT2D eigenvalue weighted by Crippen LogP contribution is 2.20. The largest absolute Gasteiger partial charge is 0.465 e. The van der Waals surface area contributed by atoms with E-state index in [9.17, 15) is 23.2 Å². The molecule has 2 aromatic carbocycles. The van der Waals surface area contributed by atoms with E-state index in [1.165, 1.54) is 38.5 Å². The van der Waals surface area contributed by atoms with Gasteiger partial charge in [0.15, 0.2) is 6.54 Å². The topological polar surface area (TPSA) is 98.3 Å². The fourth-order valence-electron chi connectivity index (χ4n) is 2.66. The van der Waals surface area contributed by atoms with Gasteiger partial charge in [-0.25, -0.2) is 18.4 Å². The zero-order chi connectivity index (χ0) is 21.6. The second-order valence-corrected chi connectivity index (χ2v) is 6.19. The maximum absolute atomic E-state index is 13.9. The van der Waals surface area contributed by atoms with E-state index < -0.39 is 35.5 Å². The number of benzene rings is 2. The fraction of sp³-hybridized carbons (Fsp3) is 0.250. The maximum atomic E-state index is 13.9. The molecule has 0 heterocycles. The van der Waals surface area contributed by atoms with Gasteiger partial charge in [0.2, 0.25) is 0 Å². The van der Waals surface area contributed by atoms with Crippen LogP contribution in [-0.2, 0) is 14.3 Å². The van der Waals surface area contributed by atoms with E-state index in [4.69, 9.17) is 0 Å². The Morgan fingerprint density at radius 2 is 1.72 bits per heavy atom. The Hall–Kier alpha value is -3.33. The van der Waals surface area contributed by atoms with Crippen LogP contribution in [0.5, 0.6) is 0 Å². The summed E-state index contributed by atoms with van der Waals surface area (Å²) in [4.78, 5) is 36.0. The van der Waals surface area contributed by atoms with Gasteiger partial charge in [0.05, 0.1) is 31.0 Å². The van der Waals surface area contributed by atoms with Crippen LogP contribution in [0.1, 0.15) is 39.2 Å². The monoisotopic (exact) mass is 407 g/mol. The normalized spacial score (nSPS) is 11.5. The van der Waals surface area contributed by atoms with Crippen molar-refractivity contribution in [2.24, 2.45) is 0 Å². The highest BCUT2D eigenvalue weighted by molar-refractivity contribution is 6.03. The van der Waals surface area contributed by atoms with Gasteiger partial charge < -0.3 is 20.1 Å². The third-order valence-corrected chi connectivity index (χ3v) is 4.23. The van der Waals surface area contributed by atoms with Gasteiger partial charge in [0, 0.05) is 11.6 Å². The molecule has 2 rings (SSSR count). The minimum atomic E-state index is -0.701. The number of hydrogen-bond donors (Lipinski definition) is 2. The van der Waals surface area contributed by atoms with E-state index in [2.05, 4.69) is 14.8 Å². The second-order valence-electron chi connectivity index (χ2n) is 6.19. The van der Waals surface area contributed by atoms with Crippen molar-refractivity contribution in [3.63, 3.8) is 0 Å². The molecule has 29 heavy (non-hydrogen) atoms. The molecule has 0 aromatic heterocycles. The minimum absolute atomic E-state index is 0.0612. The van der Waals surface area contributed by atoms with E-state index in [1.54, 1.807) is 12.2 Å². The van der Waals surface area contributed by atoms with Gasteiger partial charge in [-0.05, 0) is 37.3 Å². The van der Waals surface area contributed by atoms with Crippen LogP contribution in [0.2, 0.25) is 0 Å². The summed E-state index contributed by atoms with van der Waals surface area (Å²) in [5, 5.41) is 4.09. The van der Waals surface area contributed by atoms with E-state index in [1.807, 2.05) is 0 Å². The summed E-state index contributed by atoms with van der Waals surface area (Å²) in [5.74, 6) is -3.21. The van der Waals surface area contributed by atoms with E-state index in [-0.39, 0.29) is 28.9 Å². The molecule has 0 fully saturated rings. The molecular weight excluding hydrogens is 386 g/mol. The van der Waals surface area contributed by atoms with E-state index in [0.717, 1.165) is 12.1 Å². The number of rotatable bonds is 7. The first-order chi connectivity index (χ1) is 13.8. The molecule has 7 nitrogen and oxygen atoms in total. The smallest absolute Gasteiger partial charge is 0.339 e. The van der Waals surface area contributed by atoms with E-state index in [0.29, 0.717) is 0 Å². The van der Waals surface area contributed by atoms with Crippen molar-refractivity contribution in [3.05, 3.63) is 64.7 Å². The first kappa shape index (κ1) is 22.0. The molecule has 0 saturated carbocycles. The summed E-state index contributed by atoms with van der Waals surface area (Å²) >= 11 is 0. The lowest BCUT2D eigenvalue weighted by Crippen LogP contribution is -2.86. The maximum Gasteiger partial charge on any atom is 0.339 e. The molecule has 9 heteroatoms. The highest BCUT2D eigenvalue weighted by atomic mass is 19.1. The summed E-state index contributed by atoms with van der Waals surface area (Å²) in [7, 11) is 2.40. The van der Waals surface area contributed by atoms with Gasteiger partial charge in [-0.1, -0.05) is 0 Å². The minimum Gasteiger partial charge on any atom is -0.465 e. The number of halogens is 2. The molecule has 0 spiro atoms. The number of carbonyl (C=O) groups is 3. The molecule has 0 aliphatic rings. The van der Waals surface area contributed by atoms with Gasteiger partial charge in [-0.15, -0.1) is 0 Å². The van der Waals surface area contributed by atoms with Crippen molar-refractivity contribution >= 4 is 23.5 Å². The Labute approximate surface area is 166 Å². The van der Waals surface area contributed by atoms with Crippen LogP contribution in [0.25, 0.3) is 0 Å². The Balaban J connectivity index is 2.12. The number of quaternary nitrogens is 1. The molecule has 2 aromatic rings. The predicted molar refractivity (Wildman–Crippen MR) is 99.3 cm³/mol. The molecule has 1 atom stereocenters. The highest BCUT2D eigenvalue weighted by Gasteiger charge is 2.20. The first-order valence-electron chi connectivity index (χ1n) is 8.65. The number of hydrogen-bond acceptors (Lipinski definition) is 5. The average molecular weight is 407 g/mol. The van der Waals surface area contributed by atoms with Crippen LogP contribution in [0.4, 0.5) is 14.5 Å². The van der Waals surface area contributed by atoms with Crippen molar-refractivity contribution in [2.75, 3.05) is 26.1 Å². The standard InChI is InChI=1S/C20H20F2N2O5/c1-11(14-7-5-13(21)9-16(14)22)23-10-18(25)24-17-8-12(19(26)28-2)4-6-15(17)20(27)29-3/h4-9,11,23H,10H2,1-3H3,(H,24,25)/p+1/t11-/m1/s1. The fourth-order valence-corrected chi connectivity index (χ4v) is 2.66. The van der Waals surface area contributed by atoms with Crippen molar-refractivity contribution < 1.29 is 38.0 Å². The number of esters is 2. The number of carbonyl (C=O) groups excluding carboxylic acids is 3. The lowest BCUT2D eigenvalue weighted by molar-refractivity contribution is -0.682. The predicted octanol–water partition coefficient (Wildman–Crippen LogP) is 1.80. The van der Waals surface area contributed by atoms with Crippen molar-refractivity contribution in [1.82, 2.24) is 0 Å². The Kier molecular flexibility index (Phi) is 7.38. The average Bonchev–Trinajstić information content (AvgIpc) is 2.70. The third kappa shape index (κ3) is 5.58. The van der Waals surface area contributed by atoms with Gasteiger partial charge >= 0.3 is 11.9 Å². The molecule has 0 unspecified atom stereocenters. The first-order valence-corrected chi connectivity index (χ1v) is 8.65. The number of amides is 1. The lowest BCUT2D eigenvalue weighted by Gasteiger charge is -2.14. The number of anilines is 1. The SMILES string of the molecule is COC(=O)c1ccc(C(=O)OC)c(NC(=O)C[NH2+][C@H](C)c2ccc(F)cc2F)c1. The summed E-state index contributed by atoms with van der Waals surface area (Å²) in [6.45, 7) is 1.56. The van der Waals surface area contributed by atoms with Gasteiger partial charge in [0.1, 0.15) is 17.7 Å². The van der Waals surface area contributed by atoms with Crippen LogP contribution in [0, 0.1) is 11.6 Å². The summed E-state index contributed by atoms with van der Waals surface area (Å²) in [6, 6.07) is 6.80. The molecule has 0 aliphatic carbocycles. The Bertz CT molecular complexity index is 933. The summed E-state index contributed by atoms with van der Waals surface area (Å²) in [5.41, 5.74) is 0.535. The molecular formula is C20H21F2N2O5+. The zero-order valence-corrected chi connectivity index (χ0v) is 16.1. The zero-order valence-electron chi connectivity index (χ0n) is 16.1. The molecule has 3 N–H and O–H groups in total. The number of nitrogens with two attached hydrogens (primary N) is 1. The van der Waals surface area contributed by atoms with Crippen molar-refractivity contribution in [3.8, 4) is 0 Å². The molecule has 0 bridgehead atoms. The van der Waals surface area contributed by atoms with Crippen molar-refractivity contribution in [2.45, 2.75) is 13.0 Å². The van der Waals surface area contributed by atoms with E-state index >= 15 is 0 Å². The molecule has 0 radical (unpaired) electrons. The number of methoxy groups -OCH3 is 2. The van der Waals surface area contributed by atoms with Crippen LogP contribution in [0.3, 0.4) is 0 Å². The summed E-state index contributed by atoms with van der Waals surface area (Å²) < 4.78 is 36.2. The number of ether oxygens (including phenoxy) is 2. The summed E-state index contributed by atoms with van der Waals surface area (Å²) in [6.07, 6.45) is 0. The van der Waals surface area contributed by atoms with Crippen LogP contribution in [0.15, 0.2) is 36.4 Å². The lowest BCUT2D eigenvalue weighted by atomic mass is 10.1. The van der Waals surface area contributed by atoms with Gasteiger partial charge in [-0.2, -0.15) is 0 Å². The van der Waals surface area contributed by atoms with Gasteiger partial charge in [0.25, 0.3) is 5.91 Å². The van der Waals surface area contributed by atoms with Crippen LogP contribution in [-0.4, -0.2) is 38.6 Å². The molecule has 0 aliphatic heterocycles. The molecule has 0 saturated heterocycles. The molecule has 154 valence electrons. The molecule has 1 amide bonds. The van der Waals surface area contributed by atoms with Crippen molar-refractivity contribution in [1.29, 1.82) is 0 Å².